The zero-order valence-electron chi connectivity index (χ0n) is 7.50. The first kappa shape index (κ1) is 9.03. The standard InChI is InChI=1S/C8H15N3O/c1-5(2)11-4-6(8(9)10)3-7(11)12/h5-6H,3-4H2,1-2H3,(H3,9,10)/t6-/m0/s1. The summed E-state index contributed by atoms with van der Waals surface area (Å²) < 4.78 is 0. The van der Waals surface area contributed by atoms with Crippen molar-refractivity contribution in [2.75, 3.05) is 6.54 Å². The maximum absolute atomic E-state index is 11.3. The van der Waals surface area contributed by atoms with Gasteiger partial charge < -0.3 is 10.6 Å². The number of hydrogen-bond donors (Lipinski definition) is 2. The van der Waals surface area contributed by atoms with Crippen molar-refractivity contribution in [3.8, 4) is 0 Å². The van der Waals surface area contributed by atoms with Gasteiger partial charge in [0.2, 0.25) is 5.91 Å². The number of nitrogens with zero attached hydrogens (tertiary/aromatic N) is 1. The monoisotopic (exact) mass is 169 g/mol. The third-order valence-corrected chi connectivity index (χ3v) is 2.22. The molecule has 0 unspecified atom stereocenters. The lowest BCUT2D eigenvalue weighted by atomic mass is 10.1. The molecule has 0 spiro atoms. The quantitative estimate of drug-likeness (QED) is 0.457. The van der Waals surface area contributed by atoms with Gasteiger partial charge in [-0.3, -0.25) is 10.2 Å². The number of carbonyl (C=O) groups is 1. The molecule has 1 aliphatic heterocycles. The SMILES string of the molecule is CC(C)N1C[C@@H](C(=N)N)CC1=O. The van der Waals surface area contributed by atoms with E-state index in [4.69, 9.17) is 11.1 Å². The summed E-state index contributed by atoms with van der Waals surface area (Å²) in [5, 5.41) is 7.21. The second-order valence-electron chi connectivity index (χ2n) is 3.50. The predicted octanol–water partition coefficient (Wildman–Crippen LogP) is 0.179. The summed E-state index contributed by atoms with van der Waals surface area (Å²) in [6.07, 6.45) is 0.410. The fourth-order valence-electron chi connectivity index (χ4n) is 1.44. The van der Waals surface area contributed by atoms with Gasteiger partial charge >= 0.3 is 0 Å². The van der Waals surface area contributed by atoms with Gasteiger partial charge in [0.25, 0.3) is 0 Å². The van der Waals surface area contributed by atoms with Crippen molar-refractivity contribution in [2.24, 2.45) is 11.7 Å². The molecule has 1 fully saturated rings. The Morgan fingerprint density at radius 2 is 2.33 bits per heavy atom. The average molecular weight is 169 g/mol. The highest BCUT2D eigenvalue weighted by Crippen LogP contribution is 2.19. The van der Waals surface area contributed by atoms with Gasteiger partial charge in [-0.2, -0.15) is 0 Å². The van der Waals surface area contributed by atoms with E-state index in [2.05, 4.69) is 0 Å². The summed E-state index contributed by atoms with van der Waals surface area (Å²) in [7, 11) is 0. The molecule has 4 nitrogen and oxygen atoms in total. The van der Waals surface area contributed by atoms with Crippen molar-refractivity contribution >= 4 is 11.7 Å². The molecule has 1 rings (SSSR count). The number of nitrogens with one attached hydrogen (secondary N) is 1. The summed E-state index contributed by atoms with van der Waals surface area (Å²) >= 11 is 0. The van der Waals surface area contributed by atoms with Crippen LogP contribution in [0.1, 0.15) is 20.3 Å². The normalized spacial score (nSPS) is 23.8. The molecule has 0 aromatic heterocycles. The smallest absolute Gasteiger partial charge is 0.223 e. The summed E-state index contributed by atoms with van der Waals surface area (Å²) in [5.41, 5.74) is 5.33. The van der Waals surface area contributed by atoms with E-state index in [1.54, 1.807) is 4.90 Å². The van der Waals surface area contributed by atoms with Crippen molar-refractivity contribution in [1.82, 2.24) is 4.90 Å². The molecule has 1 aliphatic rings. The molecule has 68 valence electrons. The lowest BCUT2D eigenvalue weighted by Gasteiger charge is -2.20. The van der Waals surface area contributed by atoms with E-state index in [1.807, 2.05) is 13.8 Å². The molecular weight excluding hydrogens is 154 g/mol. The number of nitrogens with two attached hydrogens (primary N) is 1. The maximum Gasteiger partial charge on any atom is 0.223 e. The van der Waals surface area contributed by atoms with E-state index in [0.717, 1.165) is 0 Å². The second kappa shape index (κ2) is 3.13. The second-order valence-corrected chi connectivity index (χ2v) is 3.50. The Hall–Kier alpha value is -1.06. The molecule has 1 heterocycles. The summed E-state index contributed by atoms with van der Waals surface area (Å²) in [6, 6.07) is 0.224. The largest absolute Gasteiger partial charge is 0.387 e. The fraction of sp³-hybridized carbons (Fsp3) is 0.750. The van der Waals surface area contributed by atoms with Gasteiger partial charge in [-0.05, 0) is 13.8 Å². The Morgan fingerprint density at radius 3 is 2.58 bits per heavy atom. The molecule has 0 radical (unpaired) electrons. The van der Waals surface area contributed by atoms with Crippen LogP contribution < -0.4 is 5.73 Å². The minimum Gasteiger partial charge on any atom is -0.387 e. The number of carbonyl (C=O) groups excluding carboxylic acids is 1. The molecule has 0 aliphatic carbocycles. The van der Waals surface area contributed by atoms with Crippen LogP contribution in [0.2, 0.25) is 0 Å². The Bertz CT molecular complexity index is 212. The minimum absolute atomic E-state index is 0.0556. The highest BCUT2D eigenvalue weighted by Gasteiger charge is 2.32. The number of hydrogen-bond acceptors (Lipinski definition) is 2. The van der Waals surface area contributed by atoms with Crippen LogP contribution in [0.5, 0.6) is 0 Å². The predicted molar refractivity (Wildman–Crippen MR) is 46.9 cm³/mol. The van der Waals surface area contributed by atoms with Crippen molar-refractivity contribution in [2.45, 2.75) is 26.3 Å². The molecule has 12 heavy (non-hydrogen) atoms. The first-order valence-corrected chi connectivity index (χ1v) is 4.15. The fourth-order valence-corrected chi connectivity index (χ4v) is 1.44. The van der Waals surface area contributed by atoms with Crippen LogP contribution in [0.15, 0.2) is 0 Å². The molecule has 3 N–H and O–H groups in total. The summed E-state index contributed by atoms with van der Waals surface area (Å²) in [6.45, 7) is 4.56. The van der Waals surface area contributed by atoms with E-state index < -0.39 is 0 Å². The third-order valence-electron chi connectivity index (χ3n) is 2.22. The lowest BCUT2D eigenvalue weighted by molar-refractivity contribution is -0.129. The number of amides is 1. The van der Waals surface area contributed by atoms with Gasteiger partial charge in [0.05, 0.1) is 5.84 Å². The highest BCUT2D eigenvalue weighted by molar-refractivity contribution is 5.89. The topological polar surface area (TPSA) is 70.2 Å². The van der Waals surface area contributed by atoms with Crippen LogP contribution in [-0.4, -0.2) is 29.2 Å². The van der Waals surface area contributed by atoms with Crippen LogP contribution in [0.25, 0.3) is 0 Å². The molecule has 0 aromatic rings. The Morgan fingerprint density at radius 1 is 1.75 bits per heavy atom. The Labute approximate surface area is 72.2 Å². The van der Waals surface area contributed by atoms with Crippen molar-refractivity contribution in [1.29, 1.82) is 5.41 Å². The van der Waals surface area contributed by atoms with Gasteiger partial charge in [-0.25, -0.2) is 0 Å². The van der Waals surface area contributed by atoms with Crippen LogP contribution in [0, 0.1) is 11.3 Å². The molecule has 0 bridgehead atoms. The molecule has 4 heteroatoms. The van der Waals surface area contributed by atoms with Gasteiger partial charge in [-0.1, -0.05) is 0 Å². The number of rotatable bonds is 2. The summed E-state index contributed by atoms with van der Waals surface area (Å²) in [5.74, 6) is 0.191. The van der Waals surface area contributed by atoms with E-state index in [1.165, 1.54) is 0 Å². The third kappa shape index (κ3) is 1.57. The molecule has 0 saturated carbocycles. The molecular formula is C8H15N3O. The van der Waals surface area contributed by atoms with Crippen LogP contribution in [0.3, 0.4) is 0 Å². The highest BCUT2D eigenvalue weighted by atomic mass is 16.2. The van der Waals surface area contributed by atoms with Crippen LogP contribution in [0.4, 0.5) is 0 Å². The van der Waals surface area contributed by atoms with Crippen molar-refractivity contribution in [3.05, 3.63) is 0 Å². The number of likely N-dealkylation sites (tertiary alicyclic amines) is 1. The molecule has 1 saturated heterocycles. The zero-order chi connectivity index (χ0) is 9.30. The van der Waals surface area contributed by atoms with E-state index >= 15 is 0 Å². The summed E-state index contributed by atoms with van der Waals surface area (Å²) in [4.78, 5) is 13.1. The van der Waals surface area contributed by atoms with E-state index in [-0.39, 0.29) is 23.7 Å². The first-order valence-electron chi connectivity index (χ1n) is 4.15. The van der Waals surface area contributed by atoms with Crippen molar-refractivity contribution in [3.63, 3.8) is 0 Å². The first-order chi connectivity index (χ1) is 5.52. The zero-order valence-corrected chi connectivity index (χ0v) is 7.50. The van der Waals surface area contributed by atoms with E-state index in [0.29, 0.717) is 13.0 Å². The van der Waals surface area contributed by atoms with Crippen molar-refractivity contribution < 1.29 is 4.79 Å². The van der Waals surface area contributed by atoms with Gasteiger partial charge in [0.15, 0.2) is 0 Å². The Balaban J connectivity index is 2.62. The lowest BCUT2D eigenvalue weighted by Crippen LogP contribution is -2.33. The molecule has 0 aromatic carbocycles. The van der Waals surface area contributed by atoms with Crippen LogP contribution in [-0.2, 0) is 4.79 Å². The van der Waals surface area contributed by atoms with E-state index in [9.17, 15) is 4.79 Å². The van der Waals surface area contributed by atoms with Gasteiger partial charge in [0.1, 0.15) is 0 Å². The number of amidine groups is 1. The minimum atomic E-state index is -0.0556. The molecule has 1 amide bonds. The van der Waals surface area contributed by atoms with Gasteiger partial charge in [0, 0.05) is 24.9 Å². The Kier molecular flexibility index (Phi) is 2.35. The molecule has 1 atom stereocenters. The average Bonchev–Trinajstić information content (AvgIpc) is 2.30. The maximum atomic E-state index is 11.3. The van der Waals surface area contributed by atoms with Crippen LogP contribution >= 0.6 is 0 Å². The van der Waals surface area contributed by atoms with Gasteiger partial charge in [-0.15, -0.1) is 0 Å².